The van der Waals surface area contributed by atoms with Crippen molar-refractivity contribution in [3.05, 3.63) is 47.9 Å². The van der Waals surface area contributed by atoms with E-state index in [0.29, 0.717) is 11.3 Å². The minimum Gasteiger partial charge on any atom is -0.478 e. The van der Waals surface area contributed by atoms with E-state index in [4.69, 9.17) is 0 Å². The number of carboxylic acid groups (broad SMARTS) is 1. The Morgan fingerprint density at radius 1 is 1.24 bits per heavy atom. The topological polar surface area (TPSA) is 95.4 Å². The molecule has 1 amide bonds. The molecule has 0 saturated carbocycles. The van der Waals surface area contributed by atoms with Crippen LogP contribution in [0.15, 0.2) is 36.8 Å². The number of aromatic carboxylic acids is 1. The maximum atomic E-state index is 12.5. The first-order chi connectivity index (χ1) is 12.0. The number of aromatic nitrogens is 2. The normalized spacial score (nSPS) is 15.0. The second-order valence-electron chi connectivity index (χ2n) is 6.15. The third kappa shape index (κ3) is 3.93. The summed E-state index contributed by atoms with van der Waals surface area (Å²) < 4.78 is 0. The molecular formula is C18H20N4O3. The van der Waals surface area contributed by atoms with Crippen molar-refractivity contribution < 1.29 is 14.7 Å². The Morgan fingerprint density at radius 2 is 2.00 bits per heavy atom. The molecule has 0 bridgehead atoms. The number of piperidine rings is 1. The molecule has 25 heavy (non-hydrogen) atoms. The lowest BCUT2D eigenvalue weighted by Gasteiger charge is -2.31. The molecule has 7 heteroatoms. The number of amides is 1. The third-order valence-electron chi connectivity index (χ3n) is 4.47. The van der Waals surface area contributed by atoms with Crippen molar-refractivity contribution in [2.24, 2.45) is 5.92 Å². The van der Waals surface area contributed by atoms with E-state index in [1.807, 2.05) is 0 Å². The van der Waals surface area contributed by atoms with E-state index in [1.165, 1.54) is 6.07 Å². The highest BCUT2D eigenvalue weighted by molar-refractivity contribution is 5.95. The van der Waals surface area contributed by atoms with Crippen LogP contribution in [0.1, 0.15) is 28.8 Å². The van der Waals surface area contributed by atoms with Crippen molar-refractivity contribution in [1.82, 2.24) is 9.97 Å². The van der Waals surface area contributed by atoms with Crippen LogP contribution < -0.4 is 10.2 Å². The maximum absolute atomic E-state index is 12.5. The molecule has 3 rings (SSSR count). The zero-order valence-electron chi connectivity index (χ0n) is 14.0. The van der Waals surface area contributed by atoms with Gasteiger partial charge in [0, 0.05) is 37.1 Å². The Bertz CT molecular complexity index is 771. The highest BCUT2D eigenvalue weighted by Gasteiger charge is 2.26. The summed E-state index contributed by atoms with van der Waals surface area (Å²) in [6.45, 7) is 3.22. The van der Waals surface area contributed by atoms with Crippen LogP contribution in [0.3, 0.4) is 0 Å². The van der Waals surface area contributed by atoms with Crippen LogP contribution in [-0.4, -0.2) is 40.0 Å². The van der Waals surface area contributed by atoms with E-state index >= 15 is 0 Å². The fraction of sp³-hybridized carbons (Fsp3) is 0.333. The van der Waals surface area contributed by atoms with Crippen molar-refractivity contribution in [3.8, 4) is 0 Å². The predicted molar refractivity (Wildman–Crippen MR) is 93.7 cm³/mol. The molecule has 1 fully saturated rings. The number of hydrogen-bond donors (Lipinski definition) is 2. The first-order valence-corrected chi connectivity index (χ1v) is 8.20. The van der Waals surface area contributed by atoms with Crippen LogP contribution >= 0.6 is 0 Å². The summed E-state index contributed by atoms with van der Waals surface area (Å²) in [5.74, 6) is -0.335. The lowest BCUT2D eigenvalue weighted by atomic mass is 9.95. The van der Waals surface area contributed by atoms with E-state index in [1.54, 1.807) is 37.6 Å². The quantitative estimate of drug-likeness (QED) is 0.887. The Morgan fingerprint density at radius 3 is 2.64 bits per heavy atom. The van der Waals surface area contributed by atoms with E-state index in [2.05, 4.69) is 20.2 Å². The van der Waals surface area contributed by atoms with Gasteiger partial charge in [-0.25, -0.2) is 9.78 Å². The van der Waals surface area contributed by atoms with Crippen LogP contribution in [0.2, 0.25) is 0 Å². The zero-order valence-corrected chi connectivity index (χ0v) is 14.0. The van der Waals surface area contributed by atoms with Crippen LogP contribution in [-0.2, 0) is 4.79 Å². The van der Waals surface area contributed by atoms with Gasteiger partial charge in [0.1, 0.15) is 5.82 Å². The van der Waals surface area contributed by atoms with Gasteiger partial charge < -0.3 is 15.3 Å². The Hall–Kier alpha value is -2.96. The summed E-state index contributed by atoms with van der Waals surface area (Å²) in [7, 11) is 0. The zero-order chi connectivity index (χ0) is 17.8. The second-order valence-corrected chi connectivity index (χ2v) is 6.15. The van der Waals surface area contributed by atoms with Crippen molar-refractivity contribution in [2.75, 3.05) is 23.3 Å². The van der Waals surface area contributed by atoms with Gasteiger partial charge in [-0.1, -0.05) is 6.07 Å². The molecule has 0 spiro atoms. The molecular weight excluding hydrogens is 320 g/mol. The number of anilines is 2. The number of nitrogens with zero attached hydrogens (tertiary/aromatic N) is 3. The lowest BCUT2D eigenvalue weighted by Crippen LogP contribution is -2.38. The highest BCUT2D eigenvalue weighted by atomic mass is 16.4. The fourth-order valence-electron chi connectivity index (χ4n) is 3.00. The number of aryl methyl sites for hydroxylation is 1. The third-order valence-corrected chi connectivity index (χ3v) is 4.47. The summed E-state index contributed by atoms with van der Waals surface area (Å²) in [6, 6.07) is 4.94. The first kappa shape index (κ1) is 16.9. The molecule has 1 aromatic carbocycles. The highest BCUT2D eigenvalue weighted by Crippen LogP contribution is 2.23. The summed E-state index contributed by atoms with van der Waals surface area (Å²) >= 11 is 0. The number of carbonyl (C=O) groups is 2. The molecule has 2 heterocycles. The van der Waals surface area contributed by atoms with Gasteiger partial charge in [-0.05, 0) is 37.5 Å². The van der Waals surface area contributed by atoms with Crippen molar-refractivity contribution in [3.63, 3.8) is 0 Å². The molecule has 0 unspecified atom stereocenters. The number of carbonyl (C=O) groups excluding carboxylic acids is 1. The molecule has 1 aromatic heterocycles. The largest absolute Gasteiger partial charge is 0.478 e. The summed E-state index contributed by atoms with van der Waals surface area (Å²) in [4.78, 5) is 34.1. The predicted octanol–water partition coefficient (Wildman–Crippen LogP) is 2.34. The molecule has 2 N–H and O–H groups in total. The van der Waals surface area contributed by atoms with Gasteiger partial charge in [-0.15, -0.1) is 0 Å². The summed E-state index contributed by atoms with van der Waals surface area (Å²) in [5.41, 5.74) is 1.39. The van der Waals surface area contributed by atoms with E-state index in [0.717, 1.165) is 31.7 Å². The minimum atomic E-state index is -0.995. The van der Waals surface area contributed by atoms with Crippen LogP contribution in [0.25, 0.3) is 0 Å². The standard InChI is InChI=1S/C18H20N4O3/c1-12-2-3-14(10-15(12)18(24)25)21-17(23)13-4-8-22(9-5-13)16-11-19-6-7-20-16/h2-3,6-7,10-11,13H,4-5,8-9H2,1H3,(H,21,23)(H,24,25). The molecule has 0 atom stereocenters. The fourth-order valence-corrected chi connectivity index (χ4v) is 3.00. The number of hydrogen-bond acceptors (Lipinski definition) is 5. The SMILES string of the molecule is Cc1ccc(NC(=O)C2CCN(c3cnccn3)CC2)cc1C(=O)O. The minimum absolute atomic E-state index is 0.0704. The Balaban J connectivity index is 1.60. The smallest absolute Gasteiger partial charge is 0.336 e. The van der Waals surface area contributed by atoms with Crippen molar-refractivity contribution >= 4 is 23.4 Å². The molecule has 130 valence electrons. The first-order valence-electron chi connectivity index (χ1n) is 8.20. The molecule has 1 saturated heterocycles. The van der Waals surface area contributed by atoms with Crippen LogP contribution in [0, 0.1) is 12.8 Å². The van der Waals surface area contributed by atoms with E-state index < -0.39 is 5.97 Å². The van der Waals surface area contributed by atoms with E-state index in [9.17, 15) is 14.7 Å². The molecule has 7 nitrogen and oxygen atoms in total. The number of benzene rings is 1. The summed E-state index contributed by atoms with van der Waals surface area (Å²) in [5, 5.41) is 12.0. The molecule has 0 aliphatic carbocycles. The van der Waals surface area contributed by atoms with Crippen molar-refractivity contribution in [1.29, 1.82) is 0 Å². The monoisotopic (exact) mass is 340 g/mol. The van der Waals surface area contributed by atoms with Gasteiger partial charge in [-0.2, -0.15) is 0 Å². The van der Waals surface area contributed by atoms with Gasteiger partial charge in [0.25, 0.3) is 0 Å². The van der Waals surface area contributed by atoms with Crippen LogP contribution in [0.4, 0.5) is 11.5 Å². The number of nitrogens with one attached hydrogen (secondary N) is 1. The maximum Gasteiger partial charge on any atom is 0.336 e. The van der Waals surface area contributed by atoms with Gasteiger partial charge in [0.15, 0.2) is 0 Å². The molecule has 1 aliphatic heterocycles. The second kappa shape index (κ2) is 7.29. The molecule has 1 aliphatic rings. The lowest BCUT2D eigenvalue weighted by molar-refractivity contribution is -0.120. The number of rotatable bonds is 4. The van der Waals surface area contributed by atoms with E-state index in [-0.39, 0.29) is 17.4 Å². The van der Waals surface area contributed by atoms with Crippen LogP contribution in [0.5, 0.6) is 0 Å². The van der Waals surface area contributed by atoms with Gasteiger partial charge in [0.2, 0.25) is 5.91 Å². The van der Waals surface area contributed by atoms with Gasteiger partial charge in [-0.3, -0.25) is 9.78 Å². The molecule has 2 aromatic rings. The van der Waals surface area contributed by atoms with Gasteiger partial charge in [0.05, 0.1) is 11.8 Å². The average Bonchev–Trinajstić information content (AvgIpc) is 2.64. The Labute approximate surface area is 145 Å². The summed E-state index contributed by atoms with van der Waals surface area (Å²) in [6.07, 6.45) is 6.46. The Kier molecular flexibility index (Phi) is 4.92. The average molecular weight is 340 g/mol. The molecule has 0 radical (unpaired) electrons. The number of carboxylic acids is 1. The van der Waals surface area contributed by atoms with Gasteiger partial charge >= 0.3 is 5.97 Å². The van der Waals surface area contributed by atoms with Crippen molar-refractivity contribution in [2.45, 2.75) is 19.8 Å².